The van der Waals surface area contributed by atoms with Gasteiger partial charge in [0.1, 0.15) is 11.3 Å². The summed E-state index contributed by atoms with van der Waals surface area (Å²) in [5.41, 5.74) is 5.41. The van der Waals surface area contributed by atoms with Crippen molar-refractivity contribution < 1.29 is 0 Å². The van der Waals surface area contributed by atoms with Crippen molar-refractivity contribution in [3.63, 3.8) is 0 Å². The van der Waals surface area contributed by atoms with Crippen LogP contribution in [0.4, 0.5) is 0 Å². The lowest BCUT2D eigenvalue weighted by Gasteiger charge is -1.98. The standard InChI is InChI=1S/C24H19N5S/c1-3-19-18(13-15(2)20-7-4-5-10-25-20)23(29-28-19)21-14-17-16(22-8-6-12-30-22)9-11-26-24(17)27-21/h3-14,28H,2H2,1H3,(H,26,27)/b18-13+,19-3+. The third-order valence-electron chi connectivity index (χ3n) is 5.01. The first-order chi connectivity index (χ1) is 14.7. The smallest absolute Gasteiger partial charge is 0.138 e. The van der Waals surface area contributed by atoms with Gasteiger partial charge in [-0.15, -0.1) is 11.3 Å². The zero-order chi connectivity index (χ0) is 20.5. The third-order valence-corrected chi connectivity index (χ3v) is 5.91. The van der Waals surface area contributed by atoms with Crippen molar-refractivity contribution in [3.8, 4) is 21.8 Å². The van der Waals surface area contributed by atoms with Gasteiger partial charge >= 0.3 is 0 Å². The van der Waals surface area contributed by atoms with Gasteiger partial charge in [0.05, 0.1) is 16.7 Å². The van der Waals surface area contributed by atoms with E-state index in [-0.39, 0.29) is 0 Å². The van der Waals surface area contributed by atoms with Crippen LogP contribution in [0.3, 0.4) is 0 Å². The van der Waals surface area contributed by atoms with Crippen molar-refractivity contribution in [2.45, 2.75) is 6.92 Å². The van der Waals surface area contributed by atoms with Crippen molar-refractivity contribution in [2.24, 2.45) is 0 Å². The first-order valence-electron chi connectivity index (χ1n) is 9.59. The van der Waals surface area contributed by atoms with Gasteiger partial charge in [0.15, 0.2) is 0 Å². The topological polar surface area (TPSA) is 70.2 Å². The van der Waals surface area contributed by atoms with Crippen LogP contribution in [0, 0.1) is 0 Å². The van der Waals surface area contributed by atoms with E-state index in [0.29, 0.717) is 0 Å². The number of nitrogens with one attached hydrogen (secondary N) is 2. The van der Waals surface area contributed by atoms with Crippen LogP contribution in [0.25, 0.3) is 50.6 Å². The Morgan fingerprint density at radius 1 is 1.10 bits per heavy atom. The Morgan fingerprint density at radius 2 is 2.03 bits per heavy atom. The maximum absolute atomic E-state index is 4.59. The van der Waals surface area contributed by atoms with E-state index in [1.54, 1.807) is 17.5 Å². The SMILES string of the molecule is C=C(/C=c1/c(-c2cc3c(-c4cccs4)ccnc3[nH]2)n[nH]/c1=C/C)c1ccccn1. The maximum atomic E-state index is 4.59. The molecule has 0 aliphatic heterocycles. The number of aromatic amines is 2. The second kappa shape index (κ2) is 7.57. The molecule has 0 aliphatic rings. The second-order valence-electron chi connectivity index (χ2n) is 6.85. The summed E-state index contributed by atoms with van der Waals surface area (Å²) in [6.07, 6.45) is 7.64. The third kappa shape index (κ3) is 3.17. The molecule has 0 amide bonds. The minimum Gasteiger partial charge on any atom is -0.338 e. The molecule has 0 radical (unpaired) electrons. The van der Waals surface area contributed by atoms with Crippen LogP contribution in [0.2, 0.25) is 0 Å². The number of allylic oxidation sites excluding steroid dienone is 1. The lowest BCUT2D eigenvalue weighted by atomic mass is 10.1. The van der Waals surface area contributed by atoms with Gasteiger partial charge in [-0.2, -0.15) is 5.10 Å². The molecule has 5 nitrogen and oxygen atoms in total. The van der Waals surface area contributed by atoms with Crippen molar-refractivity contribution in [3.05, 3.63) is 83.1 Å². The monoisotopic (exact) mass is 409 g/mol. The van der Waals surface area contributed by atoms with Crippen molar-refractivity contribution in [2.75, 3.05) is 0 Å². The molecule has 5 aromatic rings. The highest BCUT2D eigenvalue weighted by atomic mass is 32.1. The zero-order valence-electron chi connectivity index (χ0n) is 16.4. The summed E-state index contributed by atoms with van der Waals surface area (Å²) >= 11 is 1.72. The van der Waals surface area contributed by atoms with Gasteiger partial charge in [-0.3, -0.25) is 10.1 Å². The minimum atomic E-state index is 0.829. The summed E-state index contributed by atoms with van der Waals surface area (Å²) in [6.45, 7) is 6.19. The zero-order valence-corrected chi connectivity index (χ0v) is 17.2. The normalized spacial score (nSPS) is 12.7. The number of thiophene rings is 1. The van der Waals surface area contributed by atoms with Crippen LogP contribution >= 0.6 is 11.3 Å². The molecule has 2 N–H and O–H groups in total. The molecule has 0 saturated carbocycles. The molecule has 0 aliphatic carbocycles. The van der Waals surface area contributed by atoms with E-state index >= 15 is 0 Å². The van der Waals surface area contributed by atoms with E-state index in [1.807, 2.05) is 43.5 Å². The van der Waals surface area contributed by atoms with Crippen LogP contribution in [0.15, 0.2) is 66.8 Å². The van der Waals surface area contributed by atoms with E-state index in [9.17, 15) is 0 Å². The van der Waals surface area contributed by atoms with Crippen LogP contribution in [-0.2, 0) is 0 Å². The molecule has 0 aromatic carbocycles. The lowest BCUT2D eigenvalue weighted by Crippen LogP contribution is -2.23. The number of aromatic nitrogens is 5. The van der Waals surface area contributed by atoms with E-state index in [1.165, 1.54) is 10.4 Å². The van der Waals surface area contributed by atoms with Gasteiger partial charge in [0.2, 0.25) is 0 Å². The first kappa shape index (κ1) is 18.3. The molecule has 0 bridgehead atoms. The number of H-pyrrole nitrogens is 2. The van der Waals surface area contributed by atoms with Gasteiger partial charge in [-0.05, 0) is 54.3 Å². The summed E-state index contributed by atoms with van der Waals surface area (Å²) < 4.78 is 0. The fourth-order valence-electron chi connectivity index (χ4n) is 3.54. The molecule has 5 heterocycles. The van der Waals surface area contributed by atoms with E-state index < -0.39 is 0 Å². The summed E-state index contributed by atoms with van der Waals surface area (Å²) in [6, 6.07) is 14.2. The van der Waals surface area contributed by atoms with E-state index in [0.717, 1.165) is 44.3 Å². The number of rotatable bonds is 4. The molecule has 6 heteroatoms. The van der Waals surface area contributed by atoms with Crippen molar-refractivity contribution in [1.82, 2.24) is 25.1 Å². The maximum Gasteiger partial charge on any atom is 0.138 e. The predicted octanol–water partition coefficient (Wildman–Crippen LogP) is 4.37. The molecule has 146 valence electrons. The Hall–Kier alpha value is -3.77. The average molecular weight is 410 g/mol. The second-order valence-corrected chi connectivity index (χ2v) is 7.80. The predicted molar refractivity (Wildman–Crippen MR) is 124 cm³/mol. The Labute approximate surface area is 177 Å². The Bertz CT molecular complexity index is 1460. The van der Waals surface area contributed by atoms with Gasteiger partial charge in [0, 0.05) is 33.4 Å². The summed E-state index contributed by atoms with van der Waals surface area (Å²) in [5, 5.41) is 12.8. The quantitative estimate of drug-likeness (QED) is 0.463. The highest BCUT2D eigenvalue weighted by Crippen LogP contribution is 2.32. The number of pyridine rings is 2. The van der Waals surface area contributed by atoms with Gasteiger partial charge < -0.3 is 4.98 Å². The molecular weight excluding hydrogens is 390 g/mol. The fraction of sp³-hybridized carbons (Fsp3) is 0.0417. The molecule has 0 atom stereocenters. The van der Waals surface area contributed by atoms with Crippen LogP contribution in [0.1, 0.15) is 12.6 Å². The summed E-state index contributed by atoms with van der Waals surface area (Å²) in [5.74, 6) is 0. The summed E-state index contributed by atoms with van der Waals surface area (Å²) in [7, 11) is 0. The molecule has 0 fully saturated rings. The molecule has 0 unspecified atom stereocenters. The number of hydrogen-bond donors (Lipinski definition) is 2. The van der Waals surface area contributed by atoms with Crippen LogP contribution in [0.5, 0.6) is 0 Å². The van der Waals surface area contributed by atoms with Crippen molar-refractivity contribution in [1.29, 1.82) is 0 Å². The molecule has 5 rings (SSSR count). The Kier molecular flexibility index (Phi) is 4.61. The van der Waals surface area contributed by atoms with Gasteiger partial charge in [-0.1, -0.05) is 24.8 Å². The number of hydrogen-bond acceptors (Lipinski definition) is 4. The Balaban J connectivity index is 1.68. The highest BCUT2D eigenvalue weighted by molar-refractivity contribution is 7.13. The number of nitrogens with zero attached hydrogens (tertiary/aromatic N) is 3. The first-order valence-corrected chi connectivity index (χ1v) is 10.5. The fourth-order valence-corrected chi connectivity index (χ4v) is 4.30. The van der Waals surface area contributed by atoms with Gasteiger partial charge in [-0.25, -0.2) is 4.98 Å². The average Bonchev–Trinajstić information content (AvgIpc) is 3.53. The molecule has 0 spiro atoms. The van der Waals surface area contributed by atoms with Crippen molar-refractivity contribution >= 4 is 40.1 Å². The largest absolute Gasteiger partial charge is 0.338 e. The van der Waals surface area contributed by atoms with Gasteiger partial charge in [0.25, 0.3) is 0 Å². The van der Waals surface area contributed by atoms with E-state index in [2.05, 4.69) is 61.4 Å². The van der Waals surface area contributed by atoms with Crippen LogP contribution in [-0.4, -0.2) is 25.1 Å². The molecule has 0 saturated heterocycles. The minimum absolute atomic E-state index is 0.829. The lowest BCUT2D eigenvalue weighted by molar-refractivity contribution is 1.06. The highest BCUT2D eigenvalue weighted by Gasteiger charge is 2.13. The Morgan fingerprint density at radius 3 is 2.80 bits per heavy atom. The van der Waals surface area contributed by atoms with E-state index in [4.69, 9.17) is 0 Å². The molecule has 5 aromatic heterocycles. The van der Waals surface area contributed by atoms with Crippen LogP contribution < -0.4 is 10.6 Å². The molecular formula is C24H19N5S. The summed E-state index contributed by atoms with van der Waals surface area (Å²) in [4.78, 5) is 13.6. The number of fused-ring (bicyclic) bond motifs is 1. The molecule has 30 heavy (non-hydrogen) atoms.